The first-order chi connectivity index (χ1) is 19.0. The summed E-state index contributed by atoms with van der Waals surface area (Å²) in [4.78, 5) is 0. The first-order valence-electron chi connectivity index (χ1n) is 14.2. The molecule has 3 aliphatic rings. The first-order valence-corrected chi connectivity index (χ1v) is 14.2. The van der Waals surface area contributed by atoms with Crippen LogP contribution >= 0.6 is 0 Å². The van der Waals surface area contributed by atoms with Crippen molar-refractivity contribution in [3.63, 3.8) is 0 Å². The average Bonchev–Trinajstić information content (AvgIpc) is 2.95. The minimum Gasteiger partial charge on any atom is -0.484 e. The van der Waals surface area contributed by atoms with E-state index in [4.69, 9.17) is 23.7 Å². The van der Waals surface area contributed by atoms with Crippen molar-refractivity contribution >= 4 is 0 Å². The minimum absolute atomic E-state index is 0.201. The Morgan fingerprint density at radius 1 is 0.744 bits per heavy atom. The number of fused-ring (bicyclic) bond motifs is 1. The molecule has 39 heavy (non-hydrogen) atoms. The van der Waals surface area contributed by atoms with Gasteiger partial charge in [0.1, 0.15) is 29.0 Å². The minimum atomic E-state index is -1.20. The topological polar surface area (TPSA) is 66.4 Å². The summed E-state index contributed by atoms with van der Waals surface area (Å²) in [6.45, 7) is 5.41. The SMILES string of the molecule is Cc1ccc(C2Oc3cc(OC4CCCCO4)ccc3C(C)(O)C2c2ccc(OC3CCCCO3)cc2)cc1. The molecule has 2 saturated heterocycles. The highest BCUT2D eigenvalue weighted by atomic mass is 16.7. The number of hydrogen-bond donors (Lipinski definition) is 1. The van der Waals surface area contributed by atoms with Crippen molar-refractivity contribution < 1.29 is 28.8 Å². The fourth-order valence-electron chi connectivity index (χ4n) is 5.94. The Bertz CT molecular complexity index is 1240. The molecule has 3 aromatic carbocycles. The van der Waals surface area contributed by atoms with E-state index in [1.807, 2.05) is 49.4 Å². The summed E-state index contributed by atoms with van der Waals surface area (Å²) in [5.74, 6) is 1.73. The molecule has 0 aliphatic carbocycles. The normalized spacial score (nSPS) is 28.7. The van der Waals surface area contributed by atoms with Gasteiger partial charge >= 0.3 is 0 Å². The molecule has 0 saturated carbocycles. The van der Waals surface area contributed by atoms with Crippen molar-refractivity contribution in [1.29, 1.82) is 0 Å². The van der Waals surface area contributed by atoms with Crippen molar-refractivity contribution in [3.05, 3.63) is 89.0 Å². The Hall–Kier alpha value is -3.06. The van der Waals surface area contributed by atoms with Crippen molar-refractivity contribution in [2.45, 2.75) is 82.6 Å². The van der Waals surface area contributed by atoms with Crippen molar-refractivity contribution in [2.75, 3.05) is 13.2 Å². The van der Waals surface area contributed by atoms with Gasteiger partial charge in [-0.1, -0.05) is 42.0 Å². The standard InChI is InChI=1S/C33H38O6/c1-22-9-11-24(12-10-22)32-31(23-13-15-25(16-14-23)37-29-7-3-5-19-35-29)33(2,34)27-18-17-26(21-28(27)39-32)38-30-8-4-6-20-36-30/h9-18,21,29-32,34H,3-8,19-20H2,1-2H3. The number of aryl methyl sites for hydroxylation is 1. The molecule has 0 spiro atoms. The van der Waals surface area contributed by atoms with E-state index in [1.54, 1.807) is 0 Å². The molecule has 3 aliphatic heterocycles. The number of ether oxygens (including phenoxy) is 5. The molecule has 5 atom stereocenters. The van der Waals surface area contributed by atoms with Gasteiger partial charge in [0, 0.05) is 24.5 Å². The lowest BCUT2D eigenvalue weighted by molar-refractivity contribution is -0.106. The second-order valence-corrected chi connectivity index (χ2v) is 11.1. The lowest BCUT2D eigenvalue weighted by Gasteiger charge is -2.44. The third kappa shape index (κ3) is 5.65. The van der Waals surface area contributed by atoms with Crippen LogP contribution in [-0.2, 0) is 15.1 Å². The van der Waals surface area contributed by atoms with Crippen LogP contribution in [0.3, 0.4) is 0 Å². The molecule has 3 heterocycles. The molecule has 0 bridgehead atoms. The van der Waals surface area contributed by atoms with Gasteiger partial charge in [-0.15, -0.1) is 0 Å². The summed E-state index contributed by atoms with van der Waals surface area (Å²) >= 11 is 0. The van der Waals surface area contributed by atoms with Gasteiger partial charge in [0.05, 0.1) is 19.1 Å². The fourth-order valence-corrected chi connectivity index (χ4v) is 5.94. The number of aliphatic hydroxyl groups is 1. The molecule has 6 heteroatoms. The Labute approximate surface area is 230 Å². The Morgan fingerprint density at radius 3 is 1.95 bits per heavy atom. The Morgan fingerprint density at radius 2 is 1.33 bits per heavy atom. The molecule has 206 valence electrons. The predicted molar refractivity (Wildman–Crippen MR) is 148 cm³/mol. The number of hydrogen-bond acceptors (Lipinski definition) is 6. The molecular weight excluding hydrogens is 492 g/mol. The second kappa shape index (κ2) is 11.2. The largest absolute Gasteiger partial charge is 0.484 e. The molecule has 0 amide bonds. The zero-order valence-corrected chi connectivity index (χ0v) is 22.8. The number of benzene rings is 3. The van der Waals surface area contributed by atoms with E-state index in [9.17, 15) is 5.11 Å². The number of rotatable bonds is 6. The third-order valence-electron chi connectivity index (χ3n) is 8.12. The molecule has 1 N–H and O–H groups in total. The van der Waals surface area contributed by atoms with Gasteiger partial charge in [-0.3, -0.25) is 0 Å². The van der Waals surface area contributed by atoms with E-state index in [1.165, 1.54) is 5.56 Å². The zero-order chi connectivity index (χ0) is 26.8. The quantitative estimate of drug-likeness (QED) is 0.373. The highest BCUT2D eigenvalue weighted by Gasteiger charge is 2.47. The van der Waals surface area contributed by atoms with Crippen molar-refractivity contribution in [3.8, 4) is 17.2 Å². The lowest BCUT2D eigenvalue weighted by Crippen LogP contribution is -2.40. The molecule has 0 aromatic heterocycles. The molecule has 0 radical (unpaired) electrons. The molecule has 5 unspecified atom stereocenters. The molecule has 6 nitrogen and oxygen atoms in total. The summed E-state index contributed by atoms with van der Waals surface area (Å²) in [6, 6.07) is 22.0. The molecular formula is C33H38O6. The van der Waals surface area contributed by atoms with E-state index in [0.717, 1.165) is 74.2 Å². The van der Waals surface area contributed by atoms with E-state index >= 15 is 0 Å². The molecule has 6 rings (SSSR count). The van der Waals surface area contributed by atoms with Gasteiger partial charge in [-0.25, -0.2) is 0 Å². The maximum absolute atomic E-state index is 12.2. The molecule has 3 aromatic rings. The second-order valence-electron chi connectivity index (χ2n) is 11.1. The monoisotopic (exact) mass is 530 g/mol. The smallest absolute Gasteiger partial charge is 0.199 e. The van der Waals surface area contributed by atoms with Crippen LogP contribution in [0.25, 0.3) is 0 Å². The van der Waals surface area contributed by atoms with Crippen LogP contribution in [0.1, 0.15) is 79.7 Å². The van der Waals surface area contributed by atoms with Crippen LogP contribution < -0.4 is 14.2 Å². The predicted octanol–water partition coefficient (Wildman–Crippen LogP) is 6.93. The van der Waals surface area contributed by atoms with Crippen LogP contribution in [0, 0.1) is 6.92 Å². The Balaban J connectivity index is 1.32. The van der Waals surface area contributed by atoms with E-state index in [2.05, 4.69) is 31.2 Å². The highest BCUT2D eigenvalue weighted by molar-refractivity contribution is 5.50. The van der Waals surface area contributed by atoms with E-state index < -0.39 is 11.7 Å². The lowest BCUT2D eigenvalue weighted by atomic mass is 9.71. The summed E-state index contributed by atoms with van der Waals surface area (Å²) in [5.41, 5.74) is 2.70. The molecule has 2 fully saturated rings. The average molecular weight is 531 g/mol. The van der Waals surface area contributed by atoms with Crippen LogP contribution in [0.5, 0.6) is 17.2 Å². The summed E-state index contributed by atoms with van der Waals surface area (Å²) < 4.78 is 30.4. The van der Waals surface area contributed by atoms with Crippen molar-refractivity contribution in [2.24, 2.45) is 0 Å². The highest BCUT2D eigenvalue weighted by Crippen LogP contribution is 2.54. The summed E-state index contributed by atoms with van der Waals surface area (Å²) in [5, 5.41) is 12.2. The third-order valence-corrected chi connectivity index (χ3v) is 8.12. The van der Waals surface area contributed by atoms with Crippen LogP contribution in [0.4, 0.5) is 0 Å². The fraction of sp³-hybridized carbons (Fsp3) is 0.455. The van der Waals surface area contributed by atoms with Crippen molar-refractivity contribution in [1.82, 2.24) is 0 Å². The van der Waals surface area contributed by atoms with Crippen LogP contribution in [-0.4, -0.2) is 30.9 Å². The maximum atomic E-state index is 12.2. The zero-order valence-electron chi connectivity index (χ0n) is 22.8. The first kappa shape index (κ1) is 26.2. The summed E-state index contributed by atoms with van der Waals surface area (Å²) in [6.07, 6.45) is 5.28. The van der Waals surface area contributed by atoms with Gasteiger partial charge in [0.2, 0.25) is 0 Å². The summed E-state index contributed by atoms with van der Waals surface area (Å²) in [7, 11) is 0. The maximum Gasteiger partial charge on any atom is 0.199 e. The van der Waals surface area contributed by atoms with Gasteiger partial charge in [-0.05, 0) is 74.9 Å². The van der Waals surface area contributed by atoms with Crippen LogP contribution in [0.2, 0.25) is 0 Å². The Kier molecular flexibility index (Phi) is 7.52. The van der Waals surface area contributed by atoms with E-state index in [-0.39, 0.29) is 18.5 Å². The van der Waals surface area contributed by atoms with Gasteiger partial charge in [0.15, 0.2) is 12.6 Å². The van der Waals surface area contributed by atoms with Gasteiger partial charge < -0.3 is 28.8 Å². The van der Waals surface area contributed by atoms with Crippen LogP contribution in [0.15, 0.2) is 66.7 Å². The van der Waals surface area contributed by atoms with E-state index in [0.29, 0.717) is 11.5 Å². The van der Waals surface area contributed by atoms with Gasteiger partial charge in [0.25, 0.3) is 0 Å². The van der Waals surface area contributed by atoms with Gasteiger partial charge in [-0.2, -0.15) is 0 Å².